The molecule has 1 fully saturated rings. The second-order valence-electron chi connectivity index (χ2n) is 7.29. The van der Waals surface area contributed by atoms with Crippen LogP contribution in [0.15, 0.2) is 0 Å². The Labute approximate surface area is 114 Å². The van der Waals surface area contributed by atoms with Gasteiger partial charge in [0.2, 0.25) is 0 Å². The second-order valence-corrected chi connectivity index (χ2v) is 7.29. The molecule has 0 saturated carbocycles. The highest BCUT2D eigenvalue weighted by Gasteiger charge is 2.46. The Morgan fingerprint density at radius 1 is 1.26 bits per heavy atom. The van der Waals surface area contributed by atoms with E-state index in [0.29, 0.717) is 6.54 Å². The van der Waals surface area contributed by atoms with Gasteiger partial charge in [0.1, 0.15) is 11.8 Å². The molecule has 1 heterocycles. The highest BCUT2D eigenvalue weighted by molar-refractivity contribution is 5.69. The van der Waals surface area contributed by atoms with Gasteiger partial charge in [-0.3, -0.25) is 0 Å². The Bertz CT molecular complexity index is 333. The average molecular weight is 275 g/mol. The quantitative estimate of drug-likeness (QED) is 0.739. The van der Waals surface area contributed by atoms with Crippen molar-refractivity contribution in [1.29, 1.82) is 0 Å². The number of hydrogen-bond donors (Lipinski definition) is 1. The van der Waals surface area contributed by atoms with Crippen LogP contribution in [0.5, 0.6) is 0 Å². The summed E-state index contributed by atoms with van der Waals surface area (Å²) in [6.45, 7) is 11.2. The molecule has 1 aliphatic rings. The van der Waals surface area contributed by atoms with Crippen LogP contribution >= 0.6 is 0 Å². The van der Waals surface area contributed by atoms with Crippen molar-refractivity contribution < 1.29 is 19.0 Å². The molecule has 0 spiro atoms. The van der Waals surface area contributed by atoms with Gasteiger partial charge in [0.15, 0.2) is 0 Å². The van der Waals surface area contributed by atoms with E-state index in [2.05, 4.69) is 0 Å². The summed E-state index contributed by atoms with van der Waals surface area (Å²) in [5.41, 5.74) is -1.07. The van der Waals surface area contributed by atoms with Crippen LogP contribution in [0.3, 0.4) is 0 Å². The minimum Gasteiger partial charge on any atom is -0.444 e. The lowest BCUT2D eigenvalue weighted by molar-refractivity contribution is -0.0758. The summed E-state index contributed by atoms with van der Waals surface area (Å²) in [6.07, 6.45) is -2.72. The molecule has 5 heteroatoms. The summed E-state index contributed by atoms with van der Waals surface area (Å²) in [4.78, 5) is 13.6. The Hall–Kier alpha value is -0.840. The van der Waals surface area contributed by atoms with Gasteiger partial charge in [-0.2, -0.15) is 0 Å². The van der Waals surface area contributed by atoms with Gasteiger partial charge in [0.05, 0.1) is 12.1 Å². The fourth-order valence-corrected chi connectivity index (χ4v) is 2.42. The van der Waals surface area contributed by atoms with Crippen LogP contribution in [0.4, 0.5) is 9.18 Å². The van der Waals surface area contributed by atoms with Crippen LogP contribution in [-0.2, 0) is 4.74 Å². The summed E-state index contributed by atoms with van der Waals surface area (Å²) in [6, 6.07) is -0.675. The average Bonchev–Trinajstić information content (AvgIpc) is 2.17. The maximum Gasteiger partial charge on any atom is 0.410 e. The molecule has 1 aliphatic heterocycles. The van der Waals surface area contributed by atoms with Crippen LogP contribution < -0.4 is 0 Å². The zero-order valence-electron chi connectivity index (χ0n) is 12.7. The number of amides is 1. The van der Waals surface area contributed by atoms with E-state index in [4.69, 9.17) is 4.74 Å². The molecule has 0 bridgehead atoms. The van der Waals surface area contributed by atoms with Crippen molar-refractivity contribution in [2.75, 3.05) is 6.54 Å². The maximum absolute atomic E-state index is 14.3. The smallest absolute Gasteiger partial charge is 0.410 e. The summed E-state index contributed by atoms with van der Waals surface area (Å²) in [5.74, 6) is 0. The number of piperidine rings is 1. The van der Waals surface area contributed by atoms with Crippen molar-refractivity contribution in [3.63, 3.8) is 0 Å². The molecule has 3 unspecified atom stereocenters. The minimum absolute atomic E-state index is 0.243. The number of nitrogens with zero attached hydrogens (tertiary/aromatic N) is 1. The third kappa shape index (κ3) is 4.06. The molecule has 0 aliphatic carbocycles. The van der Waals surface area contributed by atoms with E-state index in [9.17, 15) is 14.3 Å². The Morgan fingerprint density at radius 3 is 2.21 bits per heavy atom. The van der Waals surface area contributed by atoms with Gasteiger partial charge in [0.25, 0.3) is 0 Å². The number of carbonyl (C=O) groups excluding carboxylic acids is 1. The van der Waals surface area contributed by atoms with Crippen molar-refractivity contribution in [1.82, 2.24) is 4.90 Å². The number of halogens is 1. The Kier molecular flexibility index (Phi) is 4.50. The number of rotatable bonds is 0. The molecule has 3 atom stereocenters. The van der Waals surface area contributed by atoms with Crippen LogP contribution in [0.1, 0.15) is 48.0 Å². The van der Waals surface area contributed by atoms with E-state index in [1.807, 2.05) is 20.8 Å². The Morgan fingerprint density at radius 2 is 1.79 bits per heavy atom. The first-order valence-corrected chi connectivity index (χ1v) is 6.75. The third-order valence-corrected chi connectivity index (χ3v) is 3.19. The molecule has 1 saturated heterocycles. The first-order valence-electron chi connectivity index (χ1n) is 6.75. The van der Waals surface area contributed by atoms with Crippen molar-refractivity contribution in [3.05, 3.63) is 0 Å². The van der Waals surface area contributed by atoms with Gasteiger partial charge in [-0.25, -0.2) is 9.18 Å². The standard InChI is InChI=1S/C14H26FNO3/c1-13(2,3)11-10(15)9(17)7-8-16(11)12(18)19-14(4,5)6/h9-11,17H,7-8H2,1-6H3. The molecule has 19 heavy (non-hydrogen) atoms. The maximum atomic E-state index is 14.3. The van der Waals surface area contributed by atoms with Crippen LogP contribution in [0.25, 0.3) is 0 Å². The molecule has 1 rings (SSSR count). The number of aliphatic hydroxyl groups is 1. The highest BCUT2D eigenvalue weighted by Crippen LogP contribution is 2.34. The second kappa shape index (κ2) is 5.27. The molecule has 0 aromatic heterocycles. The first-order chi connectivity index (χ1) is 8.43. The predicted octanol–water partition coefficient (Wildman–Crippen LogP) is 2.74. The SMILES string of the molecule is CC(C)(C)OC(=O)N1CCC(O)C(F)C1C(C)(C)C. The van der Waals surface area contributed by atoms with Crippen LogP contribution in [0, 0.1) is 5.41 Å². The first kappa shape index (κ1) is 16.2. The highest BCUT2D eigenvalue weighted by atomic mass is 19.1. The Balaban J connectivity index is 2.94. The van der Waals surface area contributed by atoms with E-state index in [1.54, 1.807) is 20.8 Å². The zero-order chi connectivity index (χ0) is 15.0. The topological polar surface area (TPSA) is 49.8 Å². The predicted molar refractivity (Wildman–Crippen MR) is 71.7 cm³/mol. The van der Waals surface area contributed by atoms with Gasteiger partial charge in [-0.1, -0.05) is 20.8 Å². The van der Waals surface area contributed by atoms with Crippen molar-refractivity contribution in [3.8, 4) is 0 Å². The summed E-state index contributed by atoms with van der Waals surface area (Å²) < 4.78 is 19.6. The van der Waals surface area contributed by atoms with E-state index < -0.39 is 35.4 Å². The van der Waals surface area contributed by atoms with Gasteiger partial charge >= 0.3 is 6.09 Å². The summed E-state index contributed by atoms with van der Waals surface area (Å²) in [7, 11) is 0. The fourth-order valence-electron chi connectivity index (χ4n) is 2.42. The van der Waals surface area contributed by atoms with Crippen LogP contribution in [0.2, 0.25) is 0 Å². The molecule has 0 aromatic carbocycles. The molecule has 0 radical (unpaired) electrons. The number of likely N-dealkylation sites (tertiary alicyclic amines) is 1. The largest absolute Gasteiger partial charge is 0.444 e. The van der Waals surface area contributed by atoms with Crippen molar-refractivity contribution in [2.24, 2.45) is 5.41 Å². The zero-order valence-corrected chi connectivity index (χ0v) is 12.7. The normalized spacial score (nSPS) is 29.3. The number of aliphatic hydroxyl groups excluding tert-OH is 1. The monoisotopic (exact) mass is 275 g/mol. The van der Waals surface area contributed by atoms with E-state index in [1.165, 1.54) is 4.90 Å². The van der Waals surface area contributed by atoms with E-state index in [-0.39, 0.29) is 6.42 Å². The molecule has 1 N–H and O–H groups in total. The molecular formula is C14H26FNO3. The number of ether oxygens (including phenoxy) is 1. The molecule has 112 valence electrons. The number of hydrogen-bond acceptors (Lipinski definition) is 3. The third-order valence-electron chi connectivity index (χ3n) is 3.19. The minimum atomic E-state index is -1.44. The van der Waals surface area contributed by atoms with Gasteiger partial charge in [-0.15, -0.1) is 0 Å². The number of carbonyl (C=O) groups is 1. The lowest BCUT2D eigenvalue weighted by Crippen LogP contribution is -2.60. The van der Waals surface area contributed by atoms with Gasteiger partial charge in [-0.05, 0) is 32.6 Å². The van der Waals surface area contributed by atoms with Crippen molar-refractivity contribution in [2.45, 2.75) is 71.9 Å². The molecule has 4 nitrogen and oxygen atoms in total. The molecular weight excluding hydrogens is 249 g/mol. The molecule has 0 aromatic rings. The summed E-state index contributed by atoms with van der Waals surface area (Å²) >= 11 is 0. The van der Waals surface area contributed by atoms with E-state index in [0.717, 1.165) is 0 Å². The van der Waals surface area contributed by atoms with Gasteiger partial charge in [0, 0.05) is 6.54 Å². The lowest BCUT2D eigenvalue weighted by atomic mass is 9.79. The lowest BCUT2D eigenvalue weighted by Gasteiger charge is -2.46. The summed E-state index contributed by atoms with van der Waals surface area (Å²) in [5, 5.41) is 9.69. The fraction of sp³-hybridized carbons (Fsp3) is 0.929. The number of alkyl halides is 1. The van der Waals surface area contributed by atoms with Gasteiger partial charge < -0.3 is 14.7 Å². The van der Waals surface area contributed by atoms with Crippen molar-refractivity contribution >= 4 is 6.09 Å². The molecule has 1 amide bonds. The van der Waals surface area contributed by atoms with Crippen LogP contribution in [-0.4, -0.2) is 46.6 Å². The van der Waals surface area contributed by atoms with E-state index >= 15 is 0 Å².